The van der Waals surface area contributed by atoms with Crippen LogP contribution in [0.15, 0.2) is 0 Å². The summed E-state index contributed by atoms with van der Waals surface area (Å²) in [6, 6.07) is 0. The van der Waals surface area contributed by atoms with Gasteiger partial charge in [0.2, 0.25) is 0 Å². The van der Waals surface area contributed by atoms with Gasteiger partial charge in [0.1, 0.15) is 6.23 Å². The van der Waals surface area contributed by atoms with Crippen molar-refractivity contribution in [2.75, 3.05) is 6.54 Å². The first-order valence-corrected chi connectivity index (χ1v) is 12.4. The van der Waals surface area contributed by atoms with E-state index in [1.54, 1.807) is 0 Å². The molecule has 0 spiro atoms. The Balaban J connectivity index is 3.07. The predicted octanol–water partition coefficient (Wildman–Crippen LogP) is 7.84. The van der Waals surface area contributed by atoms with E-state index in [2.05, 4.69) is 6.92 Å². The summed E-state index contributed by atoms with van der Waals surface area (Å²) in [6.45, 7) is 4.62. The number of aliphatic hydroxyl groups excluding tert-OH is 1. The lowest BCUT2D eigenvalue weighted by atomic mass is 10.0. The van der Waals surface area contributed by atoms with E-state index in [1.807, 2.05) is 6.92 Å². The van der Waals surface area contributed by atoms with Gasteiger partial charge in [-0.25, -0.2) is 0 Å². The SMILES string of the molecule is CCCCCCCCCCCCCCCCCCCCCC(O)N(O)CC. The average molecular weight is 386 g/mol. The van der Waals surface area contributed by atoms with Gasteiger partial charge in [0.25, 0.3) is 0 Å². The van der Waals surface area contributed by atoms with Crippen LogP contribution in [0, 0.1) is 0 Å². The number of rotatable bonds is 22. The van der Waals surface area contributed by atoms with Crippen LogP contribution in [0.5, 0.6) is 0 Å². The highest BCUT2D eigenvalue weighted by molar-refractivity contribution is 4.53. The van der Waals surface area contributed by atoms with Crippen LogP contribution in [0.1, 0.15) is 142 Å². The van der Waals surface area contributed by atoms with Crippen LogP contribution >= 0.6 is 0 Å². The molecule has 0 saturated carbocycles. The fourth-order valence-corrected chi connectivity index (χ4v) is 3.77. The molecule has 0 aromatic carbocycles. The van der Waals surface area contributed by atoms with Gasteiger partial charge in [0.05, 0.1) is 0 Å². The van der Waals surface area contributed by atoms with Crippen LogP contribution in [0.4, 0.5) is 0 Å². The molecule has 0 saturated heterocycles. The van der Waals surface area contributed by atoms with Crippen molar-refractivity contribution in [3.05, 3.63) is 0 Å². The largest absolute Gasteiger partial charge is 0.376 e. The molecule has 1 unspecified atom stereocenters. The van der Waals surface area contributed by atoms with Gasteiger partial charge in [0.15, 0.2) is 0 Å². The molecule has 0 amide bonds. The molecule has 0 radical (unpaired) electrons. The Labute approximate surface area is 170 Å². The molecule has 0 aliphatic carbocycles. The first-order chi connectivity index (χ1) is 13.2. The number of unbranched alkanes of at least 4 members (excludes halogenated alkanes) is 18. The first-order valence-electron chi connectivity index (χ1n) is 12.4. The maximum atomic E-state index is 9.64. The summed E-state index contributed by atoms with van der Waals surface area (Å²) in [5.74, 6) is 0. The molecule has 0 aromatic rings. The van der Waals surface area contributed by atoms with E-state index in [9.17, 15) is 10.3 Å². The van der Waals surface area contributed by atoms with Crippen LogP contribution < -0.4 is 0 Å². The van der Waals surface area contributed by atoms with Crippen molar-refractivity contribution in [2.45, 2.75) is 148 Å². The molecule has 164 valence electrons. The molecule has 3 heteroatoms. The van der Waals surface area contributed by atoms with Gasteiger partial charge in [-0.2, -0.15) is 5.06 Å². The second-order valence-corrected chi connectivity index (χ2v) is 8.39. The first kappa shape index (κ1) is 26.9. The Morgan fingerprint density at radius 2 is 0.815 bits per heavy atom. The summed E-state index contributed by atoms with van der Waals surface area (Å²) in [5, 5.41) is 20.0. The van der Waals surface area contributed by atoms with Crippen LogP contribution in [0.3, 0.4) is 0 Å². The van der Waals surface area contributed by atoms with Crippen molar-refractivity contribution in [1.29, 1.82) is 0 Å². The number of aliphatic hydroxyl groups is 1. The lowest BCUT2D eigenvalue weighted by molar-refractivity contribution is -0.195. The molecular formula is C24H51NO2. The number of hydrogen-bond acceptors (Lipinski definition) is 3. The van der Waals surface area contributed by atoms with E-state index in [1.165, 1.54) is 116 Å². The number of hydrogen-bond donors (Lipinski definition) is 2. The Kier molecular flexibility index (Phi) is 22.1. The summed E-state index contributed by atoms with van der Waals surface area (Å²) in [5.41, 5.74) is 0. The second kappa shape index (κ2) is 22.2. The highest BCUT2D eigenvalue weighted by Crippen LogP contribution is 2.15. The fraction of sp³-hybridized carbons (Fsp3) is 1.00. The zero-order chi connectivity index (χ0) is 20.0. The van der Waals surface area contributed by atoms with Gasteiger partial charge in [0, 0.05) is 6.54 Å². The Morgan fingerprint density at radius 3 is 1.11 bits per heavy atom. The highest BCUT2D eigenvalue weighted by atomic mass is 16.5. The molecule has 0 fully saturated rings. The molecular weight excluding hydrogens is 334 g/mol. The number of nitrogens with zero attached hydrogens (tertiary/aromatic N) is 1. The lowest BCUT2D eigenvalue weighted by Gasteiger charge is -2.19. The van der Waals surface area contributed by atoms with E-state index < -0.39 is 6.23 Å². The minimum atomic E-state index is -0.680. The fourth-order valence-electron chi connectivity index (χ4n) is 3.77. The molecule has 2 N–H and O–H groups in total. The monoisotopic (exact) mass is 385 g/mol. The molecule has 0 heterocycles. The molecule has 0 rings (SSSR count). The second-order valence-electron chi connectivity index (χ2n) is 8.39. The highest BCUT2D eigenvalue weighted by Gasteiger charge is 2.09. The van der Waals surface area contributed by atoms with Gasteiger partial charge in [-0.1, -0.05) is 122 Å². The van der Waals surface area contributed by atoms with Crippen LogP contribution in [-0.2, 0) is 0 Å². The van der Waals surface area contributed by atoms with Gasteiger partial charge in [-0.05, 0) is 19.8 Å². The van der Waals surface area contributed by atoms with Crippen molar-refractivity contribution in [3.8, 4) is 0 Å². The van der Waals surface area contributed by atoms with Crippen molar-refractivity contribution in [1.82, 2.24) is 5.06 Å². The standard InChI is InChI=1S/C24H51NO2/c1-3-5-6-7-8-9-10-11-12-13-14-15-16-17-18-19-20-21-22-23-24(26)25(27)4-2/h24,26-27H,3-23H2,1-2H3. The Hall–Kier alpha value is -0.120. The van der Waals surface area contributed by atoms with Crippen molar-refractivity contribution >= 4 is 0 Å². The normalized spacial score (nSPS) is 12.8. The average Bonchev–Trinajstić information content (AvgIpc) is 2.68. The summed E-state index contributed by atoms with van der Waals surface area (Å²) in [7, 11) is 0. The zero-order valence-corrected chi connectivity index (χ0v) is 18.8. The lowest BCUT2D eigenvalue weighted by Crippen LogP contribution is -2.31. The van der Waals surface area contributed by atoms with Gasteiger partial charge < -0.3 is 10.3 Å². The minimum Gasteiger partial charge on any atom is -0.376 e. The maximum absolute atomic E-state index is 9.64. The maximum Gasteiger partial charge on any atom is 0.129 e. The molecule has 27 heavy (non-hydrogen) atoms. The quantitative estimate of drug-likeness (QED) is 0.113. The third-order valence-electron chi connectivity index (χ3n) is 5.73. The Bertz CT molecular complexity index is 273. The zero-order valence-electron chi connectivity index (χ0n) is 18.8. The van der Waals surface area contributed by atoms with E-state index >= 15 is 0 Å². The Morgan fingerprint density at radius 1 is 0.519 bits per heavy atom. The summed E-state index contributed by atoms with van der Waals surface area (Å²) < 4.78 is 0. The predicted molar refractivity (Wildman–Crippen MR) is 118 cm³/mol. The van der Waals surface area contributed by atoms with E-state index in [0.29, 0.717) is 13.0 Å². The summed E-state index contributed by atoms with van der Waals surface area (Å²) in [4.78, 5) is 0. The van der Waals surface area contributed by atoms with E-state index in [0.717, 1.165) is 11.5 Å². The number of hydroxylamine groups is 2. The van der Waals surface area contributed by atoms with Gasteiger partial charge in [-0.15, -0.1) is 0 Å². The molecule has 0 aliphatic rings. The van der Waals surface area contributed by atoms with E-state index in [-0.39, 0.29) is 0 Å². The van der Waals surface area contributed by atoms with Crippen molar-refractivity contribution in [2.24, 2.45) is 0 Å². The van der Waals surface area contributed by atoms with Crippen LogP contribution in [-0.4, -0.2) is 28.1 Å². The molecule has 3 nitrogen and oxygen atoms in total. The van der Waals surface area contributed by atoms with E-state index in [4.69, 9.17) is 0 Å². The smallest absolute Gasteiger partial charge is 0.129 e. The van der Waals surface area contributed by atoms with Crippen molar-refractivity contribution in [3.63, 3.8) is 0 Å². The summed E-state index contributed by atoms with van der Waals surface area (Å²) in [6.07, 6.45) is 26.2. The van der Waals surface area contributed by atoms with Crippen LogP contribution in [0.25, 0.3) is 0 Å². The van der Waals surface area contributed by atoms with Gasteiger partial charge in [-0.3, -0.25) is 0 Å². The topological polar surface area (TPSA) is 43.7 Å². The minimum absolute atomic E-state index is 0.486. The van der Waals surface area contributed by atoms with Crippen molar-refractivity contribution < 1.29 is 10.3 Å². The molecule has 0 aliphatic heterocycles. The van der Waals surface area contributed by atoms with Gasteiger partial charge >= 0.3 is 0 Å². The molecule has 0 aromatic heterocycles. The van der Waals surface area contributed by atoms with Crippen LogP contribution in [0.2, 0.25) is 0 Å². The summed E-state index contributed by atoms with van der Waals surface area (Å²) >= 11 is 0. The molecule has 0 bridgehead atoms. The third kappa shape index (κ3) is 20.4. The molecule has 1 atom stereocenters. The third-order valence-corrected chi connectivity index (χ3v) is 5.73.